The molecule has 1 atom stereocenters. The van der Waals surface area contributed by atoms with Crippen molar-refractivity contribution >= 4 is 17.6 Å². The average Bonchev–Trinajstić information content (AvgIpc) is 3.44. The van der Waals surface area contributed by atoms with Crippen LogP contribution in [-0.2, 0) is 17.9 Å². The number of nitrogens with one attached hydrogen (secondary N) is 2. The minimum atomic E-state index is 0.221. The molecule has 2 N–H and O–H groups in total. The molecule has 2 aliphatic rings. The minimum Gasteiger partial charge on any atom is -0.369 e. The second kappa shape index (κ2) is 10.3. The Morgan fingerprint density at radius 3 is 2.48 bits per heavy atom. The Labute approximate surface area is 185 Å². The standard InChI is InChI=1S/C25H33N5O/c1-2-26-25(28-22-14-16-29(19-22)23-11-4-3-5-12-23)27-15-8-13-24(31)30-17-20-9-6-7-10-21(20)18-30/h3-7,9-12,22H,2,8,13-19H2,1H3,(H2,26,27,28). The second-order valence-electron chi connectivity index (χ2n) is 8.29. The van der Waals surface area contributed by atoms with Crippen molar-refractivity contribution < 1.29 is 4.79 Å². The number of nitrogens with zero attached hydrogens (tertiary/aromatic N) is 3. The number of hydrogen-bond donors (Lipinski definition) is 2. The third-order valence-corrected chi connectivity index (χ3v) is 6.01. The van der Waals surface area contributed by atoms with E-state index in [0.29, 0.717) is 19.0 Å². The van der Waals surface area contributed by atoms with Gasteiger partial charge in [-0.15, -0.1) is 0 Å². The highest BCUT2D eigenvalue weighted by Gasteiger charge is 2.24. The molecule has 2 aromatic rings. The van der Waals surface area contributed by atoms with E-state index >= 15 is 0 Å². The molecular weight excluding hydrogens is 386 g/mol. The quantitative estimate of drug-likeness (QED) is 0.411. The number of guanidine groups is 1. The molecule has 4 rings (SSSR count). The topological polar surface area (TPSA) is 60.0 Å². The predicted molar refractivity (Wildman–Crippen MR) is 126 cm³/mol. The molecule has 1 amide bonds. The van der Waals surface area contributed by atoms with Crippen LogP contribution in [0, 0.1) is 0 Å². The van der Waals surface area contributed by atoms with Crippen molar-refractivity contribution in [1.82, 2.24) is 15.5 Å². The van der Waals surface area contributed by atoms with E-state index in [-0.39, 0.29) is 5.91 Å². The lowest BCUT2D eigenvalue weighted by molar-refractivity contribution is -0.131. The molecule has 6 nitrogen and oxygen atoms in total. The van der Waals surface area contributed by atoms with Crippen molar-refractivity contribution in [3.05, 3.63) is 65.7 Å². The third-order valence-electron chi connectivity index (χ3n) is 6.01. The number of anilines is 1. The summed E-state index contributed by atoms with van der Waals surface area (Å²) in [4.78, 5) is 21.7. The number of benzene rings is 2. The highest BCUT2D eigenvalue weighted by atomic mass is 16.2. The monoisotopic (exact) mass is 419 g/mol. The summed E-state index contributed by atoms with van der Waals surface area (Å²) in [7, 11) is 0. The summed E-state index contributed by atoms with van der Waals surface area (Å²) in [6.07, 6.45) is 2.40. The van der Waals surface area contributed by atoms with Crippen LogP contribution < -0.4 is 15.5 Å². The van der Waals surface area contributed by atoms with Crippen LogP contribution in [-0.4, -0.2) is 49.0 Å². The fourth-order valence-corrected chi connectivity index (χ4v) is 4.35. The van der Waals surface area contributed by atoms with Gasteiger partial charge in [0.1, 0.15) is 0 Å². The van der Waals surface area contributed by atoms with Crippen LogP contribution in [0.1, 0.15) is 37.3 Å². The van der Waals surface area contributed by atoms with Crippen LogP contribution in [0.15, 0.2) is 59.6 Å². The number of rotatable bonds is 7. The lowest BCUT2D eigenvalue weighted by Crippen LogP contribution is -2.44. The molecule has 1 fully saturated rings. The average molecular weight is 420 g/mol. The molecular formula is C25H33N5O. The Kier molecular flexibility index (Phi) is 7.07. The van der Waals surface area contributed by atoms with Gasteiger partial charge in [0, 0.05) is 57.4 Å². The SMILES string of the molecule is CCNC(=NCCCC(=O)N1Cc2ccccc2C1)NC1CCN(c2ccccc2)C1. The largest absolute Gasteiger partial charge is 0.369 e. The molecule has 0 aromatic heterocycles. The summed E-state index contributed by atoms with van der Waals surface area (Å²) in [6, 6.07) is 19.2. The molecule has 0 bridgehead atoms. The first-order valence-electron chi connectivity index (χ1n) is 11.4. The van der Waals surface area contributed by atoms with Crippen LogP contribution in [0.4, 0.5) is 5.69 Å². The maximum Gasteiger partial charge on any atom is 0.223 e. The van der Waals surface area contributed by atoms with E-state index in [1.54, 1.807) is 0 Å². The molecule has 0 radical (unpaired) electrons. The summed E-state index contributed by atoms with van der Waals surface area (Å²) in [5, 5.41) is 6.92. The van der Waals surface area contributed by atoms with Gasteiger partial charge < -0.3 is 20.4 Å². The molecule has 2 aliphatic heterocycles. The van der Waals surface area contributed by atoms with Gasteiger partial charge in [0.15, 0.2) is 5.96 Å². The van der Waals surface area contributed by atoms with Crippen LogP contribution in [0.2, 0.25) is 0 Å². The Balaban J connectivity index is 1.22. The lowest BCUT2D eigenvalue weighted by atomic mass is 10.1. The Morgan fingerprint density at radius 1 is 1.06 bits per heavy atom. The zero-order valence-electron chi connectivity index (χ0n) is 18.4. The second-order valence-corrected chi connectivity index (χ2v) is 8.29. The molecule has 0 spiro atoms. The summed E-state index contributed by atoms with van der Waals surface area (Å²) >= 11 is 0. The Bertz CT molecular complexity index is 873. The first kappa shape index (κ1) is 21.2. The highest BCUT2D eigenvalue weighted by molar-refractivity contribution is 5.80. The van der Waals surface area contributed by atoms with Crippen molar-refractivity contribution in [2.45, 2.75) is 45.3 Å². The number of aliphatic imine (C=N–C) groups is 1. The van der Waals surface area contributed by atoms with Gasteiger partial charge in [0.25, 0.3) is 0 Å². The smallest absolute Gasteiger partial charge is 0.223 e. The van der Waals surface area contributed by atoms with Crippen molar-refractivity contribution in [1.29, 1.82) is 0 Å². The van der Waals surface area contributed by atoms with Crippen molar-refractivity contribution in [3.8, 4) is 0 Å². The zero-order chi connectivity index (χ0) is 21.5. The molecule has 2 aromatic carbocycles. The number of fused-ring (bicyclic) bond motifs is 1. The van der Waals surface area contributed by atoms with E-state index in [0.717, 1.165) is 51.5 Å². The van der Waals surface area contributed by atoms with Crippen molar-refractivity contribution in [3.63, 3.8) is 0 Å². The molecule has 1 unspecified atom stereocenters. The van der Waals surface area contributed by atoms with E-state index in [4.69, 9.17) is 4.99 Å². The van der Waals surface area contributed by atoms with Gasteiger partial charge in [0.2, 0.25) is 5.91 Å². The van der Waals surface area contributed by atoms with E-state index in [1.165, 1.54) is 16.8 Å². The molecule has 0 aliphatic carbocycles. The summed E-state index contributed by atoms with van der Waals surface area (Å²) in [6.45, 7) is 7.06. The molecule has 2 heterocycles. The van der Waals surface area contributed by atoms with Gasteiger partial charge in [-0.25, -0.2) is 0 Å². The fourth-order valence-electron chi connectivity index (χ4n) is 4.35. The maximum atomic E-state index is 12.6. The highest BCUT2D eigenvalue weighted by Crippen LogP contribution is 2.23. The number of amides is 1. The summed E-state index contributed by atoms with van der Waals surface area (Å²) in [5.41, 5.74) is 3.82. The lowest BCUT2D eigenvalue weighted by Gasteiger charge is -2.20. The van der Waals surface area contributed by atoms with Gasteiger partial charge in [0.05, 0.1) is 0 Å². The minimum absolute atomic E-state index is 0.221. The van der Waals surface area contributed by atoms with E-state index < -0.39 is 0 Å². The van der Waals surface area contributed by atoms with Gasteiger partial charge in [-0.1, -0.05) is 42.5 Å². The number of carbonyl (C=O) groups excluding carboxylic acids is 1. The molecule has 164 valence electrons. The van der Waals surface area contributed by atoms with Crippen LogP contribution >= 0.6 is 0 Å². The van der Waals surface area contributed by atoms with Crippen LogP contribution in [0.3, 0.4) is 0 Å². The van der Waals surface area contributed by atoms with Crippen molar-refractivity contribution in [2.75, 3.05) is 31.1 Å². The molecule has 1 saturated heterocycles. The van der Waals surface area contributed by atoms with E-state index in [9.17, 15) is 4.79 Å². The first-order valence-corrected chi connectivity index (χ1v) is 11.4. The van der Waals surface area contributed by atoms with Crippen LogP contribution in [0.5, 0.6) is 0 Å². The number of carbonyl (C=O) groups is 1. The zero-order valence-corrected chi connectivity index (χ0v) is 18.4. The number of hydrogen-bond acceptors (Lipinski definition) is 3. The maximum absolute atomic E-state index is 12.6. The normalized spacial score (nSPS) is 18.2. The fraction of sp³-hybridized carbons (Fsp3) is 0.440. The Morgan fingerprint density at radius 2 is 1.77 bits per heavy atom. The first-order chi connectivity index (χ1) is 15.2. The van der Waals surface area contributed by atoms with Gasteiger partial charge in [-0.3, -0.25) is 9.79 Å². The van der Waals surface area contributed by atoms with Crippen molar-refractivity contribution in [2.24, 2.45) is 4.99 Å². The van der Waals surface area contributed by atoms with Crippen LogP contribution in [0.25, 0.3) is 0 Å². The summed E-state index contributed by atoms with van der Waals surface area (Å²) in [5.74, 6) is 1.07. The van der Waals surface area contributed by atoms with Gasteiger partial charge in [-0.2, -0.15) is 0 Å². The van der Waals surface area contributed by atoms with Gasteiger partial charge >= 0.3 is 0 Å². The van der Waals surface area contributed by atoms with Gasteiger partial charge in [-0.05, 0) is 43.0 Å². The molecule has 6 heteroatoms. The molecule has 0 saturated carbocycles. The van der Waals surface area contributed by atoms with E-state index in [2.05, 4.69) is 64.9 Å². The predicted octanol–water partition coefficient (Wildman–Crippen LogP) is 3.14. The molecule has 31 heavy (non-hydrogen) atoms. The third kappa shape index (κ3) is 5.57. The number of para-hydroxylation sites is 1. The summed E-state index contributed by atoms with van der Waals surface area (Å²) < 4.78 is 0. The van der Waals surface area contributed by atoms with E-state index in [1.807, 2.05) is 17.0 Å². The Hall–Kier alpha value is -3.02.